The third kappa shape index (κ3) is 5.17. The molecule has 0 radical (unpaired) electrons. The number of anilines is 1. The van der Waals surface area contributed by atoms with Gasteiger partial charge in [-0.1, -0.05) is 34.8 Å². The zero-order valence-corrected chi connectivity index (χ0v) is 20.1. The largest absolute Gasteiger partial charge is 0.348 e. The van der Waals surface area contributed by atoms with Crippen LogP contribution < -0.4 is 4.90 Å². The Morgan fingerprint density at radius 3 is 2.39 bits per heavy atom. The number of nitrogens with zero attached hydrogens (tertiary/aromatic N) is 2. The van der Waals surface area contributed by atoms with Gasteiger partial charge in [-0.05, 0) is 54.8 Å². The molecule has 1 aliphatic rings. The minimum Gasteiger partial charge on any atom is -0.348 e. The van der Waals surface area contributed by atoms with Gasteiger partial charge in [0.05, 0.1) is 20.9 Å². The number of sulfone groups is 1. The average Bonchev–Trinajstić information content (AvgIpc) is 3.15. The molecule has 2 heterocycles. The van der Waals surface area contributed by atoms with Gasteiger partial charge in [0.1, 0.15) is 5.82 Å². The van der Waals surface area contributed by atoms with Crippen LogP contribution in [0.4, 0.5) is 9.52 Å². The van der Waals surface area contributed by atoms with E-state index in [4.69, 9.17) is 39.8 Å². The Bertz CT molecular complexity index is 1190. The average molecular weight is 520 g/mol. The van der Waals surface area contributed by atoms with Gasteiger partial charge in [-0.15, -0.1) is 11.3 Å². The van der Waals surface area contributed by atoms with Crippen molar-refractivity contribution in [1.29, 1.82) is 0 Å². The van der Waals surface area contributed by atoms with E-state index < -0.39 is 20.9 Å². The van der Waals surface area contributed by atoms with Crippen molar-refractivity contribution < 1.29 is 12.8 Å². The van der Waals surface area contributed by atoms with E-state index in [1.807, 2.05) is 17.5 Å². The maximum atomic E-state index is 13.3. The standard InChI is InChI=1S/C21H18Cl3FN2O2S2/c22-14-7-13(8-15(23)10-14)9-17-12-30-21(26-17)27-5-3-18(4-6-27)31(28,29)20-2-1-16(25)11-19(20)24/h1-2,7-8,10-12,18H,3-6,9H2. The zero-order chi connectivity index (χ0) is 22.2. The molecule has 0 amide bonds. The number of rotatable bonds is 5. The Labute approximate surface area is 199 Å². The van der Waals surface area contributed by atoms with Crippen LogP contribution in [0.15, 0.2) is 46.7 Å². The molecule has 164 valence electrons. The predicted molar refractivity (Wildman–Crippen MR) is 125 cm³/mol. The number of halogens is 4. The fraction of sp³-hybridized carbons (Fsp3) is 0.286. The lowest BCUT2D eigenvalue weighted by Gasteiger charge is -2.31. The van der Waals surface area contributed by atoms with Crippen LogP contribution in [0.25, 0.3) is 0 Å². The van der Waals surface area contributed by atoms with E-state index in [2.05, 4.69) is 4.90 Å². The first-order chi connectivity index (χ1) is 14.7. The minimum absolute atomic E-state index is 0.00858. The number of hydrogen-bond acceptors (Lipinski definition) is 5. The van der Waals surface area contributed by atoms with Crippen LogP contribution in [0.3, 0.4) is 0 Å². The lowest BCUT2D eigenvalue weighted by molar-refractivity contribution is 0.529. The molecule has 1 aromatic heterocycles. The van der Waals surface area contributed by atoms with Crippen LogP contribution in [-0.4, -0.2) is 31.7 Å². The summed E-state index contributed by atoms with van der Waals surface area (Å²) in [6, 6.07) is 8.82. The van der Waals surface area contributed by atoms with Crippen LogP contribution in [0.2, 0.25) is 15.1 Å². The Kier molecular flexibility index (Phi) is 6.79. The van der Waals surface area contributed by atoms with E-state index in [-0.39, 0.29) is 9.92 Å². The molecule has 2 aromatic carbocycles. The number of aromatic nitrogens is 1. The summed E-state index contributed by atoms with van der Waals surface area (Å²) in [5, 5.41) is 3.39. The molecule has 1 fully saturated rings. The molecule has 10 heteroatoms. The normalized spacial score (nSPS) is 15.4. The Hall–Kier alpha value is -1.38. The van der Waals surface area contributed by atoms with Gasteiger partial charge < -0.3 is 4.90 Å². The first kappa shape index (κ1) is 22.8. The topological polar surface area (TPSA) is 50.3 Å². The van der Waals surface area contributed by atoms with Crippen LogP contribution in [0.5, 0.6) is 0 Å². The highest BCUT2D eigenvalue weighted by atomic mass is 35.5. The van der Waals surface area contributed by atoms with Crippen molar-refractivity contribution in [1.82, 2.24) is 4.98 Å². The van der Waals surface area contributed by atoms with E-state index >= 15 is 0 Å². The fourth-order valence-electron chi connectivity index (χ4n) is 3.69. The first-order valence-electron chi connectivity index (χ1n) is 9.55. The van der Waals surface area contributed by atoms with E-state index in [9.17, 15) is 12.8 Å². The number of hydrogen-bond donors (Lipinski definition) is 0. The summed E-state index contributed by atoms with van der Waals surface area (Å²) in [6.07, 6.45) is 1.52. The summed E-state index contributed by atoms with van der Waals surface area (Å²) in [5.74, 6) is -0.557. The van der Waals surface area contributed by atoms with Gasteiger partial charge in [-0.25, -0.2) is 17.8 Å². The molecule has 1 aliphatic heterocycles. The second kappa shape index (κ2) is 9.24. The Morgan fingerprint density at radius 2 is 1.74 bits per heavy atom. The highest BCUT2D eigenvalue weighted by Gasteiger charge is 2.33. The summed E-state index contributed by atoms with van der Waals surface area (Å²) < 4.78 is 39.2. The van der Waals surface area contributed by atoms with Gasteiger partial charge in [0, 0.05) is 34.9 Å². The molecule has 4 nitrogen and oxygen atoms in total. The highest BCUT2D eigenvalue weighted by Crippen LogP contribution is 2.32. The fourth-order valence-corrected chi connectivity index (χ4v) is 7.41. The van der Waals surface area contributed by atoms with Gasteiger partial charge in [-0.3, -0.25) is 0 Å². The lowest BCUT2D eigenvalue weighted by atomic mass is 10.1. The van der Waals surface area contributed by atoms with Crippen molar-refractivity contribution in [3.8, 4) is 0 Å². The quantitative estimate of drug-likeness (QED) is 0.373. The van der Waals surface area contributed by atoms with E-state index in [0.29, 0.717) is 42.4 Å². The maximum Gasteiger partial charge on any atom is 0.185 e. The van der Waals surface area contributed by atoms with Gasteiger partial charge in [-0.2, -0.15) is 0 Å². The molecule has 0 atom stereocenters. The van der Waals surface area contributed by atoms with Crippen LogP contribution in [0, 0.1) is 5.82 Å². The molecular weight excluding hydrogens is 502 g/mol. The Balaban J connectivity index is 1.42. The molecular formula is C21H18Cl3FN2O2S2. The van der Waals surface area contributed by atoms with E-state index in [0.717, 1.165) is 28.5 Å². The van der Waals surface area contributed by atoms with Crippen LogP contribution in [0.1, 0.15) is 24.1 Å². The smallest absolute Gasteiger partial charge is 0.185 e. The van der Waals surface area contributed by atoms with Crippen molar-refractivity contribution in [2.75, 3.05) is 18.0 Å². The van der Waals surface area contributed by atoms with Gasteiger partial charge in [0.2, 0.25) is 0 Å². The van der Waals surface area contributed by atoms with Crippen molar-refractivity contribution in [3.05, 3.63) is 73.9 Å². The minimum atomic E-state index is -3.63. The summed E-state index contributed by atoms with van der Waals surface area (Å²) in [6.45, 7) is 1.14. The van der Waals surface area contributed by atoms with Crippen molar-refractivity contribution >= 4 is 61.1 Å². The molecule has 0 N–H and O–H groups in total. The zero-order valence-electron chi connectivity index (χ0n) is 16.2. The monoisotopic (exact) mass is 518 g/mol. The molecule has 3 aromatic rings. The lowest BCUT2D eigenvalue weighted by Crippen LogP contribution is -2.39. The molecule has 0 bridgehead atoms. The summed E-state index contributed by atoms with van der Waals surface area (Å²) in [4.78, 5) is 6.79. The molecule has 0 aliphatic carbocycles. The molecule has 4 rings (SSSR count). The number of thiazole rings is 1. The molecule has 0 spiro atoms. The van der Waals surface area contributed by atoms with Crippen molar-refractivity contribution in [3.63, 3.8) is 0 Å². The summed E-state index contributed by atoms with van der Waals surface area (Å²) >= 11 is 19.7. The summed E-state index contributed by atoms with van der Waals surface area (Å²) in [7, 11) is -3.63. The second-order valence-electron chi connectivity index (χ2n) is 7.38. The Morgan fingerprint density at radius 1 is 1.06 bits per heavy atom. The van der Waals surface area contributed by atoms with Crippen LogP contribution in [-0.2, 0) is 16.3 Å². The second-order valence-corrected chi connectivity index (χ2v) is 11.7. The van der Waals surface area contributed by atoms with Gasteiger partial charge in [0.15, 0.2) is 15.0 Å². The van der Waals surface area contributed by atoms with E-state index in [1.165, 1.54) is 17.4 Å². The SMILES string of the molecule is O=S(=O)(c1ccc(F)cc1Cl)C1CCN(c2nc(Cc3cc(Cl)cc(Cl)c3)cs2)CC1. The summed E-state index contributed by atoms with van der Waals surface area (Å²) in [5.41, 5.74) is 1.89. The third-order valence-corrected chi connectivity index (χ3v) is 9.33. The van der Waals surface area contributed by atoms with Crippen molar-refractivity contribution in [2.45, 2.75) is 29.4 Å². The number of piperidine rings is 1. The van der Waals surface area contributed by atoms with Crippen LogP contribution >= 0.6 is 46.1 Å². The number of benzene rings is 2. The molecule has 31 heavy (non-hydrogen) atoms. The highest BCUT2D eigenvalue weighted by molar-refractivity contribution is 7.92. The van der Waals surface area contributed by atoms with Crippen molar-refractivity contribution in [2.24, 2.45) is 0 Å². The molecule has 0 saturated carbocycles. The third-order valence-electron chi connectivity index (χ3n) is 5.20. The molecule has 1 saturated heterocycles. The first-order valence-corrected chi connectivity index (χ1v) is 13.1. The van der Waals surface area contributed by atoms with Gasteiger partial charge >= 0.3 is 0 Å². The maximum absolute atomic E-state index is 13.3. The predicted octanol–water partition coefficient (Wildman–Crippen LogP) is 6.28. The van der Waals surface area contributed by atoms with Gasteiger partial charge in [0.25, 0.3) is 0 Å². The van der Waals surface area contributed by atoms with E-state index in [1.54, 1.807) is 6.07 Å². The molecule has 0 unspecified atom stereocenters.